The van der Waals surface area contributed by atoms with Crippen molar-refractivity contribution in [3.05, 3.63) is 53.1 Å². The summed E-state index contributed by atoms with van der Waals surface area (Å²) >= 11 is 0. The molecule has 0 heterocycles. The second-order valence-electron chi connectivity index (χ2n) is 5.20. The highest BCUT2D eigenvalue weighted by molar-refractivity contribution is 5.95. The molecule has 0 saturated carbocycles. The minimum absolute atomic E-state index is 0.279. The molecule has 0 unspecified atom stereocenters. The molecule has 0 aliphatic heterocycles. The Morgan fingerprint density at radius 1 is 1.00 bits per heavy atom. The van der Waals surface area contributed by atoms with Gasteiger partial charge in [0.15, 0.2) is 11.5 Å². The predicted octanol–water partition coefficient (Wildman–Crippen LogP) is 3.04. The maximum absolute atomic E-state index is 12.1. The summed E-state index contributed by atoms with van der Waals surface area (Å²) in [6.07, 6.45) is 2.43. The molecule has 0 radical (unpaired) electrons. The molecular weight excluding hydrogens is 320 g/mol. The number of methoxy groups -OCH3 is 3. The van der Waals surface area contributed by atoms with Gasteiger partial charge in [-0.1, -0.05) is 19.1 Å². The van der Waals surface area contributed by atoms with Crippen molar-refractivity contribution in [1.82, 2.24) is 5.43 Å². The third-order valence-corrected chi connectivity index (χ3v) is 3.73. The number of ether oxygens (including phenoxy) is 3. The molecular formula is C19H22N2O4. The number of nitrogens with zero attached hydrogens (tertiary/aromatic N) is 1. The monoisotopic (exact) mass is 342 g/mol. The number of hydrogen-bond donors (Lipinski definition) is 1. The largest absolute Gasteiger partial charge is 0.496 e. The van der Waals surface area contributed by atoms with Crippen molar-refractivity contribution >= 4 is 12.1 Å². The van der Waals surface area contributed by atoms with Crippen molar-refractivity contribution in [2.24, 2.45) is 5.10 Å². The minimum Gasteiger partial charge on any atom is -0.496 e. The van der Waals surface area contributed by atoms with Crippen LogP contribution in [0.5, 0.6) is 17.2 Å². The van der Waals surface area contributed by atoms with Crippen molar-refractivity contribution in [2.45, 2.75) is 13.3 Å². The van der Waals surface area contributed by atoms with Gasteiger partial charge in [-0.2, -0.15) is 5.10 Å². The average molecular weight is 342 g/mol. The van der Waals surface area contributed by atoms with E-state index in [0.29, 0.717) is 28.4 Å². The average Bonchev–Trinajstić information content (AvgIpc) is 2.67. The molecule has 2 aromatic carbocycles. The Morgan fingerprint density at radius 3 is 2.16 bits per heavy atom. The Kier molecular flexibility index (Phi) is 6.39. The fourth-order valence-corrected chi connectivity index (χ4v) is 2.27. The lowest BCUT2D eigenvalue weighted by Gasteiger charge is -2.11. The van der Waals surface area contributed by atoms with Crippen LogP contribution in [-0.4, -0.2) is 33.5 Å². The number of hydrogen-bond acceptors (Lipinski definition) is 5. The van der Waals surface area contributed by atoms with Crippen LogP contribution in [0.15, 0.2) is 41.5 Å². The number of carbonyl (C=O) groups is 1. The standard InChI is InChI=1S/C19H22N2O4/c1-5-13-6-8-14(9-7-13)19(22)21-20-12-15-10-17(24-3)18(25-4)11-16(15)23-2/h6-12H,5H2,1-4H3,(H,21,22)/b20-12-. The normalized spacial score (nSPS) is 10.6. The highest BCUT2D eigenvalue weighted by atomic mass is 16.5. The summed E-state index contributed by atoms with van der Waals surface area (Å²) in [4.78, 5) is 12.1. The molecule has 1 N–H and O–H groups in total. The van der Waals surface area contributed by atoms with E-state index in [1.807, 2.05) is 12.1 Å². The molecule has 0 bridgehead atoms. The molecule has 0 saturated heterocycles. The fourth-order valence-electron chi connectivity index (χ4n) is 2.27. The second-order valence-corrected chi connectivity index (χ2v) is 5.20. The summed E-state index contributed by atoms with van der Waals surface area (Å²) < 4.78 is 15.8. The number of carbonyl (C=O) groups excluding carboxylic acids is 1. The van der Waals surface area contributed by atoms with Gasteiger partial charge in [-0.05, 0) is 30.2 Å². The first-order chi connectivity index (χ1) is 12.1. The number of nitrogens with one attached hydrogen (secondary N) is 1. The topological polar surface area (TPSA) is 69.2 Å². The molecule has 0 spiro atoms. The highest BCUT2D eigenvalue weighted by Gasteiger charge is 2.10. The summed E-state index contributed by atoms with van der Waals surface area (Å²) in [7, 11) is 4.65. The zero-order chi connectivity index (χ0) is 18.2. The fraction of sp³-hybridized carbons (Fsp3) is 0.263. The van der Waals surface area contributed by atoms with Crippen LogP contribution in [0.1, 0.15) is 28.4 Å². The lowest BCUT2D eigenvalue weighted by atomic mass is 10.1. The third-order valence-electron chi connectivity index (χ3n) is 3.73. The van der Waals surface area contributed by atoms with E-state index in [9.17, 15) is 4.79 Å². The van der Waals surface area contributed by atoms with Crippen molar-refractivity contribution < 1.29 is 19.0 Å². The quantitative estimate of drug-likeness (QED) is 0.620. The Morgan fingerprint density at radius 2 is 1.60 bits per heavy atom. The first-order valence-corrected chi connectivity index (χ1v) is 7.85. The van der Waals surface area contributed by atoms with E-state index < -0.39 is 0 Å². The number of hydrazone groups is 1. The van der Waals surface area contributed by atoms with E-state index in [0.717, 1.165) is 6.42 Å². The summed E-state index contributed by atoms with van der Waals surface area (Å²) in [5.41, 5.74) is 4.89. The first-order valence-electron chi connectivity index (χ1n) is 7.85. The van der Waals surface area contributed by atoms with Gasteiger partial charge in [-0.15, -0.1) is 0 Å². The van der Waals surface area contributed by atoms with Crippen molar-refractivity contribution in [3.8, 4) is 17.2 Å². The third kappa shape index (κ3) is 4.50. The smallest absolute Gasteiger partial charge is 0.271 e. The molecule has 2 rings (SSSR count). The van der Waals surface area contributed by atoms with Crippen LogP contribution in [-0.2, 0) is 6.42 Å². The lowest BCUT2D eigenvalue weighted by molar-refractivity contribution is 0.0955. The van der Waals surface area contributed by atoms with Crippen LogP contribution in [0.3, 0.4) is 0 Å². The molecule has 0 aliphatic rings. The van der Waals surface area contributed by atoms with Crippen LogP contribution in [0.25, 0.3) is 0 Å². The van der Waals surface area contributed by atoms with Gasteiger partial charge in [-0.25, -0.2) is 5.43 Å². The van der Waals surface area contributed by atoms with Gasteiger partial charge in [0.05, 0.1) is 27.5 Å². The maximum atomic E-state index is 12.1. The van der Waals surface area contributed by atoms with Crippen LogP contribution in [0.2, 0.25) is 0 Å². The Bertz CT molecular complexity index is 755. The van der Waals surface area contributed by atoms with Crippen molar-refractivity contribution in [3.63, 3.8) is 0 Å². The minimum atomic E-state index is -0.279. The molecule has 132 valence electrons. The zero-order valence-electron chi connectivity index (χ0n) is 14.8. The van der Waals surface area contributed by atoms with Gasteiger partial charge >= 0.3 is 0 Å². The molecule has 6 nitrogen and oxygen atoms in total. The molecule has 0 aliphatic carbocycles. The summed E-state index contributed by atoms with van der Waals surface area (Å²) in [5, 5.41) is 4.00. The number of amides is 1. The summed E-state index contributed by atoms with van der Waals surface area (Å²) in [6, 6.07) is 10.8. The lowest BCUT2D eigenvalue weighted by Crippen LogP contribution is -2.17. The zero-order valence-corrected chi connectivity index (χ0v) is 14.8. The van der Waals surface area contributed by atoms with E-state index in [4.69, 9.17) is 14.2 Å². The van der Waals surface area contributed by atoms with Crippen molar-refractivity contribution in [2.75, 3.05) is 21.3 Å². The van der Waals surface area contributed by atoms with Gasteiger partial charge in [0, 0.05) is 17.2 Å². The maximum Gasteiger partial charge on any atom is 0.271 e. The van der Waals surface area contributed by atoms with Gasteiger partial charge in [0.25, 0.3) is 5.91 Å². The van der Waals surface area contributed by atoms with Crippen LogP contribution in [0, 0.1) is 0 Å². The van der Waals surface area contributed by atoms with Crippen molar-refractivity contribution in [1.29, 1.82) is 0 Å². The van der Waals surface area contributed by atoms with E-state index in [1.165, 1.54) is 11.8 Å². The van der Waals surface area contributed by atoms with Gasteiger partial charge in [0.2, 0.25) is 0 Å². The second kappa shape index (κ2) is 8.73. The molecule has 0 atom stereocenters. The van der Waals surface area contributed by atoms with E-state index in [-0.39, 0.29) is 5.91 Å². The summed E-state index contributed by atoms with van der Waals surface area (Å²) in [5.74, 6) is 1.38. The number of benzene rings is 2. The van der Waals surface area contributed by atoms with Crippen LogP contribution < -0.4 is 19.6 Å². The molecule has 0 aromatic heterocycles. The van der Waals surface area contributed by atoms with Gasteiger partial charge < -0.3 is 14.2 Å². The van der Waals surface area contributed by atoms with Gasteiger partial charge in [0.1, 0.15) is 5.75 Å². The molecule has 6 heteroatoms. The Labute approximate surface area is 147 Å². The van der Waals surface area contributed by atoms with E-state index in [2.05, 4.69) is 17.5 Å². The highest BCUT2D eigenvalue weighted by Crippen LogP contribution is 2.33. The molecule has 25 heavy (non-hydrogen) atoms. The van der Waals surface area contributed by atoms with E-state index >= 15 is 0 Å². The molecule has 2 aromatic rings. The Balaban J connectivity index is 2.13. The molecule has 1 amide bonds. The SMILES string of the molecule is CCc1ccc(C(=O)N/N=C\c2cc(OC)c(OC)cc2OC)cc1. The first kappa shape index (κ1) is 18.3. The predicted molar refractivity (Wildman–Crippen MR) is 97.0 cm³/mol. The van der Waals surface area contributed by atoms with Crippen LogP contribution >= 0.6 is 0 Å². The Hall–Kier alpha value is -3.02. The van der Waals surface area contributed by atoms with Crippen LogP contribution in [0.4, 0.5) is 0 Å². The van der Waals surface area contributed by atoms with Gasteiger partial charge in [-0.3, -0.25) is 4.79 Å². The number of aryl methyl sites for hydroxylation is 1. The number of rotatable bonds is 7. The molecule has 0 fully saturated rings. The summed E-state index contributed by atoms with van der Waals surface area (Å²) in [6.45, 7) is 2.07. The van der Waals surface area contributed by atoms with E-state index in [1.54, 1.807) is 45.6 Å².